The van der Waals surface area contributed by atoms with Crippen molar-refractivity contribution in [1.82, 2.24) is 9.55 Å². The standard InChI is InChI=1S/C8H10N2O3.ClH/c1-5-3-6(2)10(4-7(11)12)8(13)9-5;/h3H,4H2,1-2H3,(H,11,12);1H. The quantitative estimate of drug-likeness (QED) is 0.778. The van der Waals surface area contributed by atoms with Gasteiger partial charge in [0.15, 0.2) is 0 Å². The van der Waals surface area contributed by atoms with Crippen LogP contribution in [-0.2, 0) is 11.3 Å². The Bertz CT molecular complexity index is 400. The molecule has 1 rings (SSSR count). The molecule has 1 aromatic heterocycles. The van der Waals surface area contributed by atoms with E-state index in [0.29, 0.717) is 11.4 Å². The van der Waals surface area contributed by atoms with Crippen LogP contribution in [0.15, 0.2) is 10.9 Å². The maximum absolute atomic E-state index is 11.2. The molecule has 0 aliphatic heterocycles. The molecular formula is C8H11ClN2O3. The van der Waals surface area contributed by atoms with Gasteiger partial charge in [-0.05, 0) is 19.9 Å². The first-order chi connectivity index (χ1) is 6.00. The van der Waals surface area contributed by atoms with Crippen molar-refractivity contribution in [2.45, 2.75) is 20.4 Å². The molecule has 1 heterocycles. The minimum Gasteiger partial charge on any atom is -0.480 e. The van der Waals surface area contributed by atoms with Crippen molar-refractivity contribution in [1.29, 1.82) is 0 Å². The van der Waals surface area contributed by atoms with Gasteiger partial charge in [0.05, 0.1) is 0 Å². The molecule has 0 spiro atoms. The van der Waals surface area contributed by atoms with E-state index >= 15 is 0 Å². The molecule has 0 fully saturated rings. The smallest absolute Gasteiger partial charge is 0.348 e. The Hall–Kier alpha value is -1.36. The molecule has 78 valence electrons. The maximum Gasteiger partial charge on any atom is 0.348 e. The van der Waals surface area contributed by atoms with Crippen LogP contribution in [0.4, 0.5) is 0 Å². The molecule has 6 heteroatoms. The highest BCUT2D eigenvalue weighted by atomic mass is 35.5. The summed E-state index contributed by atoms with van der Waals surface area (Å²) in [5, 5.41) is 8.50. The molecule has 0 aliphatic carbocycles. The second kappa shape index (κ2) is 4.76. The van der Waals surface area contributed by atoms with Gasteiger partial charge in [-0.2, -0.15) is 4.98 Å². The van der Waals surface area contributed by atoms with Gasteiger partial charge in [-0.15, -0.1) is 12.4 Å². The normalized spacial score (nSPS) is 9.29. The average molecular weight is 219 g/mol. The fourth-order valence-electron chi connectivity index (χ4n) is 1.10. The average Bonchev–Trinajstić information content (AvgIpc) is 1.96. The predicted octanol–water partition coefficient (Wildman–Crippen LogP) is 0.367. The van der Waals surface area contributed by atoms with Crippen LogP contribution in [0.25, 0.3) is 0 Å². The van der Waals surface area contributed by atoms with Gasteiger partial charge in [0, 0.05) is 11.4 Å². The zero-order valence-corrected chi connectivity index (χ0v) is 8.67. The molecule has 0 aliphatic rings. The lowest BCUT2D eigenvalue weighted by Crippen LogP contribution is -2.28. The van der Waals surface area contributed by atoms with Gasteiger partial charge < -0.3 is 5.11 Å². The molecule has 0 amide bonds. The summed E-state index contributed by atoms with van der Waals surface area (Å²) in [5.41, 5.74) is 0.698. The molecule has 1 aromatic rings. The minimum absolute atomic E-state index is 0. The molecule has 0 aromatic carbocycles. The SMILES string of the molecule is Cc1cc(C)n(CC(=O)O)c(=O)n1.Cl. The number of rotatable bonds is 2. The third kappa shape index (κ3) is 2.85. The molecule has 0 radical (unpaired) electrons. The lowest BCUT2D eigenvalue weighted by atomic mass is 10.3. The van der Waals surface area contributed by atoms with Gasteiger partial charge in [0.25, 0.3) is 0 Å². The molecule has 14 heavy (non-hydrogen) atoms. The molecule has 0 saturated carbocycles. The third-order valence-corrected chi connectivity index (χ3v) is 1.64. The van der Waals surface area contributed by atoms with Crippen molar-refractivity contribution in [2.75, 3.05) is 0 Å². The number of aryl methyl sites for hydroxylation is 2. The predicted molar refractivity (Wildman–Crippen MR) is 52.9 cm³/mol. The van der Waals surface area contributed by atoms with E-state index in [1.54, 1.807) is 19.9 Å². The zero-order chi connectivity index (χ0) is 10.0. The van der Waals surface area contributed by atoms with Crippen molar-refractivity contribution < 1.29 is 9.90 Å². The van der Waals surface area contributed by atoms with E-state index in [2.05, 4.69) is 4.98 Å². The fourth-order valence-corrected chi connectivity index (χ4v) is 1.10. The lowest BCUT2D eigenvalue weighted by Gasteiger charge is -2.05. The topological polar surface area (TPSA) is 72.2 Å². The second-order valence-corrected chi connectivity index (χ2v) is 2.80. The lowest BCUT2D eigenvalue weighted by molar-refractivity contribution is -0.137. The Balaban J connectivity index is 0.00000169. The van der Waals surface area contributed by atoms with Crippen LogP contribution in [-0.4, -0.2) is 20.6 Å². The zero-order valence-electron chi connectivity index (χ0n) is 7.85. The number of carboxylic acids is 1. The first kappa shape index (κ1) is 12.6. The summed E-state index contributed by atoms with van der Waals surface area (Å²) in [6.45, 7) is 3.04. The van der Waals surface area contributed by atoms with Crippen LogP contribution in [0.1, 0.15) is 11.4 Å². The van der Waals surface area contributed by atoms with E-state index in [9.17, 15) is 9.59 Å². The molecule has 0 atom stereocenters. The van der Waals surface area contributed by atoms with Gasteiger partial charge in [0.1, 0.15) is 6.54 Å². The Labute approximate surface area is 86.8 Å². The van der Waals surface area contributed by atoms with Crippen molar-refractivity contribution in [2.24, 2.45) is 0 Å². The number of hydrogen-bond acceptors (Lipinski definition) is 3. The minimum atomic E-state index is -1.05. The summed E-state index contributed by atoms with van der Waals surface area (Å²) in [6, 6.07) is 1.67. The summed E-state index contributed by atoms with van der Waals surface area (Å²) in [5.74, 6) is -1.05. The highest BCUT2D eigenvalue weighted by Crippen LogP contribution is 1.95. The number of halogens is 1. The van der Waals surface area contributed by atoms with Crippen molar-refractivity contribution >= 4 is 18.4 Å². The summed E-state index contributed by atoms with van der Waals surface area (Å²) in [6.07, 6.45) is 0. The van der Waals surface area contributed by atoms with Crippen LogP contribution in [0, 0.1) is 13.8 Å². The van der Waals surface area contributed by atoms with E-state index in [1.807, 2.05) is 0 Å². The first-order valence-electron chi connectivity index (χ1n) is 3.77. The summed E-state index contributed by atoms with van der Waals surface area (Å²) < 4.78 is 1.12. The van der Waals surface area contributed by atoms with Gasteiger partial charge in [0.2, 0.25) is 0 Å². The number of aliphatic carboxylic acids is 1. The Morgan fingerprint density at radius 2 is 2.14 bits per heavy atom. The van der Waals surface area contributed by atoms with E-state index < -0.39 is 11.7 Å². The molecule has 0 unspecified atom stereocenters. The number of aromatic nitrogens is 2. The Kier molecular flexibility index (Phi) is 4.30. The molecule has 0 saturated heterocycles. The Morgan fingerprint density at radius 1 is 1.57 bits per heavy atom. The summed E-state index contributed by atoms with van der Waals surface area (Å²) in [7, 11) is 0. The van der Waals surface area contributed by atoms with Gasteiger partial charge in [-0.3, -0.25) is 9.36 Å². The number of carbonyl (C=O) groups is 1. The monoisotopic (exact) mass is 218 g/mol. The number of hydrogen-bond donors (Lipinski definition) is 1. The van der Waals surface area contributed by atoms with E-state index in [-0.39, 0.29) is 19.0 Å². The largest absolute Gasteiger partial charge is 0.480 e. The number of carboxylic acid groups (broad SMARTS) is 1. The van der Waals surface area contributed by atoms with Crippen molar-refractivity contribution in [3.05, 3.63) is 27.9 Å². The van der Waals surface area contributed by atoms with E-state index in [1.165, 1.54) is 0 Å². The van der Waals surface area contributed by atoms with E-state index in [0.717, 1.165) is 4.57 Å². The van der Waals surface area contributed by atoms with Crippen LogP contribution in [0.3, 0.4) is 0 Å². The number of nitrogens with zero attached hydrogens (tertiary/aromatic N) is 2. The molecule has 5 nitrogen and oxygen atoms in total. The van der Waals surface area contributed by atoms with Crippen LogP contribution < -0.4 is 5.69 Å². The second-order valence-electron chi connectivity index (χ2n) is 2.80. The van der Waals surface area contributed by atoms with Crippen LogP contribution in [0.2, 0.25) is 0 Å². The van der Waals surface area contributed by atoms with Gasteiger partial charge in [-0.1, -0.05) is 0 Å². The first-order valence-corrected chi connectivity index (χ1v) is 3.77. The molecular weight excluding hydrogens is 208 g/mol. The van der Waals surface area contributed by atoms with E-state index in [4.69, 9.17) is 5.11 Å². The Morgan fingerprint density at radius 3 is 2.57 bits per heavy atom. The van der Waals surface area contributed by atoms with Crippen LogP contribution >= 0.6 is 12.4 Å². The molecule has 0 bridgehead atoms. The fraction of sp³-hybridized carbons (Fsp3) is 0.375. The van der Waals surface area contributed by atoms with Crippen LogP contribution in [0.5, 0.6) is 0 Å². The highest BCUT2D eigenvalue weighted by Gasteiger charge is 2.05. The summed E-state index contributed by atoms with van der Waals surface area (Å²) >= 11 is 0. The molecule has 1 N–H and O–H groups in total. The van der Waals surface area contributed by atoms with Crippen molar-refractivity contribution in [3.8, 4) is 0 Å². The summed E-state index contributed by atoms with van der Waals surface area (Å²) in [4.78, 5) is 25.2. The third-order valence-electron chi connectivity index (χ3n) is 1.64. The maximum atomic E-state index is 11.2. The highest BCUT2D eigenvalue weighted by molar-refractivity contribution is 5.85. The van der Waals surface area contributed by atoms with Gasteiger partial charge >= 0.3 is 11.7 Å². The van der Waals surface area contributed by atoms with Gasteiger partial charge in [-0.25, -0.2) is 4.79 Å². The van der Waals surface area contributed by atoms with Crippen molar-refractivity contribution in [3.63, 3.8) is 0 Å².